The number of rotatable bonds is 3. The van der Waals surface area contributed by atoms with Crippen LogP contribution in [0, 0.1) is 11.8 Å². The Morgan fingerprint density at radius 1 is 1.43 bits per heavy atom. The number of sulfonamides is 1. The van der Waals surface area contributed by atoms with E-state index in [4.69, 9.17) is 0 Å². The molecular weight excluding hydrogens is 314 g/mol. The summed E-state index contributed by atoms with van der Waals surface area (Å²) in [5.74, 6) is 0.408. The first-order chi connectivity index (χ1) is 9.89. The molecule has 3 heterocycles. The Morgan fingerprint density at radius 2 is 2.19 bits per heavy atom. The van der Waals surface area contributed by atoms with Gasteiger partial charge in [-0.15, -0.1) is 10.2 Å². The van der Waals surface area contributed by atoms with Crippen molar-refractivity contribution in [1.29, 1.82) is 0 Å². The summed E-state index contributed by atoms with van der Waals surface area (Å²) in [5.41, 5.74) is 0. The number of aromatic nitrogens is 2. The van der Waals surface area contributed by atoms with Crippen molar-refractivity contribution in [3.63, 3.8) is 0 Å². The van der Waals surface area contributed by atoms with Crippen molar-refractivity contribution in [2.75, 3.05) is 25.0 Å². The first-order valence-corrected chi connectivity index (χ1v) is 8.99. The minimum absolute atomic E-state index is 0.0527. The third kappa shape index (κ3) is 2.56. The van der Waals surface area contributed by atoms with Crippen LogP contribution in [0.25, 0.3) is 0 Å². The zero-order chi connectivity index (χ0) is 15.2. The third-order valence-corrected chi connectivity index (χ3v) is 7.24. The lowest BCUT2D eigenvalue weighted by atomic mass is 9.95. The molecule has 2 aliphatic heterocycles. The van der Waals surface area contributed by atoms with E-state index in [0.29, 0.717) is 18.4 Å². The van der Waals surface area contributed by atoms with Crippen molar-refractivity contribution in [2.24, 2.45) is 11.8 Å². The highest BCUT2D eigenvalue weighted by Crippen LogP contribution is 2.36. The third-order valence-electron chi connectivity index (χ3n) is 4.10. The van der Waals surface area contributed by atoms with Gasteiger partial charge in [0.1, 0.15) is 0 Å². The fourth-order valence-electron chi connectivity index (χ4n) is 3.06. The Labute approximate surface area is 127 Å². The Kier molecular flexibility index (Phi) is 3.72. The Bertz CT molecular complexity index is 659. The Hall–Kier alpha value is -1.10. The van der Waals surface area contributed by atoms with Crippen molar-refractivity contribution < 1.29 is 13.2 Å². The molecule has 3 unspecified atom stereocenters. The zero-order valence-corrected chi connectivity index (χ0v) is 13.4. The average Bonchev–Trinajstić information content (AvgIpc) is 3.06. The van der Waals surface area contributed by atoms with Gasteiger partial charge < -0.3 is 10.6 Å². The lowest BCUT2D eigenvalue weighted by Crippen LogP contribution is -2.38. The fourth-order valence-corrected chi connectivity index (χ4v) is 5.86. The molecule has 0 aromatic carbocycles. The maximum atomic E-state index is 12.7. The van der Waals surface area contributed by atoms with Gasteiger partial charge in [0.15, 0.2) is 0 Å². The molecule has 0 bridgehead atoms. The van der Waals surface area contributed by atoms with E-state index in [-0.39, 0.29) is 21.4 Å². The maximum Gasteiger partial charge on any atom is 0.272 e. The monoisotopic (exact) mass is 331 g/mol. The van der Waals surface area contributed by atoms with Crippen LogP contribution >= 0.6 is 11.3 Å². The summed E-state index contributed by atoms with van der Waals surface area (Å²) < 4.78 is 26.8. The lowest BCUT2D eigenvalue weighted by molar-refractivity contribution is -0.114. The van der Waals surface area contributed by atoms with Gasteiger partial charge in [0.2, 0.25) is 15.4 Å². The second-order valence-corrected chi connectivity index (χ2v) is 8.49. The molecular formula is C11H17N5O3S2. The largest absolute Gasteiger partial charge is 0.316 e. The second kappa shape index (κ2) is 5.27. The summed E-state index contributed by atoms with van der Waals surface area (Å²) in [6, 6.07) is -0.0527. The molecule has 1 aromatic rings. The molecule has 2 saturated heterocycles. The van der Waals surface area contributed by atoms with Gasteiger partial charge in [-0.3, -0.25) is 4.79 Å². The number of carbonyl (C=O) groups excluding carboxylic acids is 1. The number of nitrogens with zero attached hydrogens (tertiary/aromatic N) is 3. The summed E-state index contributed by atoms with van der Waals surface area (Å²) in [6.45, 7) is 5.49. The summed E-state index contributed by atoms with van der Waals surface area (Å²) in [4.78, 5) is 11.0. The van der Waals surface area contributed by atoms with Crippen LogP contribution in [0.2, 0.25) is 0 Å². The van der Waals surface area contributed by atoms with Crippen LogP contribution in [-0.4, -0.2) is 54.5 Å². The molecule has 2 N–H and O–H groups in total. The van der Waals surface area contributed by atoms with E-state index < -0.39 is 10.0 Å². The van der Waals surface area contributed by atoms with Crippen LogP contribution in [0.15, 0.2) is 4.34 Å². The van der Waals surface area contributed by atoms with E-state index in [1.807, 2.05) is 6.92 Å². The van der Waals surface area contributed by atoms with E-state index in [0.717, 1.165) is 24.4 Å². The second-order valence-electron chi connectivity index (χ2n) is 5.45. The van der Waals surface area contributed by atoms with Crippen LogP contribution in [-0.2, 0) is 14.8 Å². The molecule has 2 aliphatic rings. The summed E-state index contributed by atoms with van der Waals surface area (Å²) in [6.07, 6.45) is 0. The van der Waals surface area contributed by atoms with Crippen LogP contribution < -0.4 is 10.6 Å². The number of carbonyl (C=O) groups is 1. The Balaban J connectivity index is 1.84. The first-order valence-electron chi connectivity index (χ1n) is 6.73. The van der Waals surface area contributed by atoms with Gasteiger partial charge in [-0.1, -0.05) is 11.3 Å². The number of hydrogen-bond acceptors (Lipinski definition) is 7. The predicted octanol–water partition coefficient (Wildman–Crippen LogP) is -0.275. The molecule has 0 spiro atoms. The van der Waals surface area contributed by atoms with Gasteiger partial charge in [0.25, 0.3) is 10.0 Å². The standard InChI is InChI=1S/C11H17N5O3S2/c1-6-9-4-12-3-8(9)5-16(6)21(18,19)11-15-14-10(20-11)13-7(2)17/h6,8-9,12H,3-5H2,1-2H3,(H,13,14,17). The number of fused-ring (bicyclic) bond motifs is 1. The van der Waals surface area contributed by atoms with Crippen molar-refractivity contribution in [2.45, 2.75) is 24.2 Å². The normalized spacial score (nSPS) is 29.5. The van der Waals surface area contributed by atoms with E-state index in [1.54, 1.807) is 0 Å². The van der Waals surface area contributed by atoms with E-state index in [1.165, 1.54) is 11.2 Å². The molecule has 21 heavy (non-hydrogen) atoms. The lowest BCUT2D eigenvalue weighted by Gasteiger charge is -2.22. The molecule has 1 aromatic heterocycles. The predicted molar refractivity (Wildman–Crippen MR) is 77.4 cm³/mol. The van der Waals surface area contributed by atoms with Gasteiger partial charge in [-0.25, -0.2) is 8.42 Å². The van der Waals surface area contributed by atoms with E-state index >= 15 is 0 Å². The number of anilines is 1. The topological polar surface area (TPSA) is 104 Å². The highest BCUT2D eigenvalue weighted by molar-refractivity contribution is 7.91. The molecule has 10 heteroatoms. The summed E-state index contributed by atoms with van der Waals surface area (Å²) in [7, 11) is -3.65. The van der Waals surface area contributed by atoms with E-state index in [2.05, 4.69) is 20.8 Å². The number of hydrogen-bond donors (Lipinski definition) is 2. The van der Waals surface area contributed by atoms with Crippen LogP contribution in [0.4, 0.5) is 5.13 Å². The van der Waals surface area contributed by atoms with Crippen LogP contribution in [0.1, 0.15) is 13.8 Å². The van der Waals surface area contributed by atoms with Gasteiger partial charge in [0, 0.05) is 19.5 Å². The first kappa shape index (κ1) is 14.8. The molecule has 2 fully saturated rings. The maximum absolute atomic E-state index is 12.7. The van der Waals surface area contributed by atoms with Gasteiger partial charge in [0.05, 0.1) is 0 Å². The minimum atomic E-state index is -3.65. The van der Waals surface area contributed by atoms with Gasteiger partial charge in [-0.2, -0.15) is 4.31 Å². The summed E-state index contributed by atoms with van der Waals surface area (Å²) in [5, 5.41) is 13.4. The SMILES string of the molecule is CC(=O)Nc1nnc(S(=O)(=O)N2CC3CNCC3C2C)s1. The van der Waals surface area contributed by atoms with Crippen molar-refractivity contribution in [1.82, 2.24) is 19.8 Å². The molecule has 3 atom stereocenters. The fraction of sp³-hybridized carbons (Fsp3) is 0.727. The number of amides is 1. The molecule has 1 amide bonds. The van der Waals surface area contributed by atoms with Crippen molar-refractivity contribution in [3.8, 4) is 0 Å². The molecule has 0 radical (unpaired) electrons. The Morgan fingerprint density at radius 3 is 2.86 bits per heavy atom. The van der Waals surface area contributed by atoms with Gasteiger partial charge >= 0.3 is 0 Å². The van der Waals surface area contributed by atoms with Crippen LogP contribution in [0.5, 0.6) is 0 Å². The van der Waals surface area contributed by atoms with Crippen molar-refractivity contribution >= 4 is 32.4 Å². The highest BCUT2D eigenvalue weighted by Gasteiger charge is 2.47. The molecule has 0 aliphatic carbocycles. The smallest absolute Gasteiger partial charge is 0.272 e. The van der Waals surface area contributed by atoms with E-state index in [9.17, 15) is 13.2 Å². The minimum Gasteiger partial charge on any atom is -0.316 e. The molecule has 8 nitrogen and oxygen atoms in total. The number of nitrogens with one attached hydrogen (secondary N) is 2. The quantitative estimate of drug-likeness (QED) is 0.739. The van der Waals surface area contributed by atoms with Gasteiger partial charge in [-0.05, 0) is 31.8 Å². The summed E-state index contributed by atoms with van der Waals surface area (Å²) >= 11 is 0.886. The van der Waals surface area contributed by atoms with Crippen LogP contribution in [0.3, 0.4) is 0 Å². The highest BCUT2D eigenvalue weighted by atomic mass is 32.2. The molecule has 116 valence electrons. The molecule has 0 saturated carbocycles. The molecule has 3 rings (SSSR count). The average molecular weight is 331 g/mol. The zero-order valence-electron chi connectivity index (χ0n) is 11.7. The van der Waals surface area contributed by atoms with Crippen molar-refractivity contribution in [3.05, 3.63) is 0 Å².